The molecule has 0 rings (SSSR count). The lowest BCUT2D eigenvalue weighted by Crippen LogP contribution is -2.46. The summed E-state index contributed by atoms with van der Waals surface area (Å²) < 4.78 is 0. The second kappa shape index (κ2) is 12.9. The zero-order chi connectivity index (χ0) is 17.0. The predicted octanol–water partition coefficient (Wildman–Crippen LogP) is 3.70. The fraction of sp³-hybridized carbons (Fsp3) is 0.812. The Labute approximate surface area is 137 Å². The number of aliphatic carboxylic acids is 3. The largest absolute Gasteiger partial charge is 0.480 e. The van der Waals surface area contributed by atoms with Gasteiger partial charge in [-0.25, -0.2) is 0 Å². The van der Waals surface area contributed by atoms with E-state index in [1.807, 2.05) is 0 Å². The van der Waals surface area contributed by atoms with Crippen molar-refractivity contribution in [3.8, 4) is 0 Å². The molecule has 0 saturated carbocycles. The lowest BCUT2D eigenvalue weighted by atomic mass is 9.82. The molecule has 0 fully saturated rings. The number of unbranched alkanes of at least 4 members (excludes halogenated alkanes) is 9. The van der Waals surface area contributed by atoms with Crippen molar-refractivity contribution in [2.45, 2.75) is 77.6 Å². The normalized spacial score (nSPS) is 10.8. The standard InChI is InChI=1S/C16H28O6.H3N/c1-2-3-4-5-6-7-8-9-10-11-12-16(13(17)18,14(19)20)15(21)22;/h2-12H2,1H3,(H,17,18)(H,19,20)(H,21,22);1H3. The van der Waals surface area contributed by atoms with Gasteiger partial charge in [0.05, 0.1) is 0 Å². The minimum atomic E-state index is -2.71. The second-order valence-corrected chi connectivity index (χ2v) is 5.75. The number of hydrogen-bond acceptors (Lipinski definition) is 4. The zero-order valence-corrected chi connectivity index (χ0v) is 14.1. The van der Waals surface area contributed by atoms with E-state index in [9.17, 15) is 14.4 Å². The molecular weight excluding hydrogens is 302 g/mol. The average Bonchev–Trinajstić information content (AvgIpc) is 2.43. The third kappa shape index (κ3) is 7.97. The molecule has 0 heterocycles. The molecule has 0 aromatic rings. The molecule has 23 heavy (non-hydrogen) atoms. The summed E-state index contributed by atoms with van der Waals surface area (Å²) in [5.74, 6) is -5.41. The van der Waals surface area contributed by atoms with E-state index in [0.717, 1.165) is 19.3 Å². The van der Waals surface area contributed by atoms with Gasteiger partial charge in [-0.3, -0.25) is 14.4 Å². The average molecular weight is 333 g/mol. The van der Waals surface area contributed by atoms with Crippen LogP contribution in [-0.4, -0.2) is 33.2 Å². The van der Waals surface area contributed by atoms with Crippen LogP contribution >= 0.6 is 0 Å². The summed E-state index contributed by atoms with van der Waals surface area (Å²) in [6.07, 6.45) is 9.75. The Morgan fingerprint density at radius 3 is 1.26 bits per heavy atom. The van der Waals surface area contributed by atoms with Crippen molar-refractivity contribution >= 4 is 17.9 Å². The Hall–Kier alpha value is -1.63. The summed E-state index contributed by atoms with van der Waals surface area (Å²) in [7, 11) is 0. The van der Waals surface area contributed by atoms with Crippen molar-refractivity contribution in [2.75, 3.05) is 0 Å². The molecule has 0 amide bonds. The summed E-state index contributed by atoms with van der Waals surface area (Å²) >= 11 is 0. The molecular formula is C16H31NO6. The first-order chi connectivity index (χ1) is 10.4. The van der Waals surface area contributed by atoms with E-state index in [2.05, 4.69) is 6.92 Å². The molecule has 0 aromatic heterocycles. The zero-order valence-electron chi connectivity index (χ0n) is 14.1. The summed E-state index contributed by atoms with van der Waals surface area (Å²) in [5, 5.41) is 26.8. The molecule has 0 radical (unpaired) electrons. The Bertz CT molecular complexity index is 334. The van der Waals surface area contributed by atoms with E-state index in [1.165, 1.54) is 32.1 Å². The van der Waals surface area contributed by atoms with Gasteiger partial charge in [0.15, 0.2) is 0 Å². The Morgan fingerprint density at radius 1 is 0.652 bits per heavy atom. The molecule has 7 heteroatoms. The van der Waals surface area contributed by atoms with Gasteiger partial charge in [-0.15, -0.1) is 0 Å². The second-order valence-electron chi connectivity index (χ2n) is 5.75. The van der Waals surface area contributed by atoms with E-state index in [0.29, 0.717) is 12.8 Å². The van der Waals surface area contributed by atoms with Crippen molar-refractivity contribution in [1.82, 2.24) is 6.15 Å². The highest BCUT2D eigenvalue weighted by atomic mass is 16.4. The lowest BCUT2D eigenvalue weighted by molar-refractivity contribution is -0.176. The molecule has 0 aliphatic rings. The number of rotatable bonds is 14. The van der Waals surface area contributed by atoms with Crippen molar-refractivity contribution in [3.63, 3.8) is 0 Å². The maximum absolute atomic E-state index is 11.0. The Morgan fingerprint density at radius 2 is 0.957 bits per heavy atom. The van der Waals surface area contributed by atoms with Crippen LogP contribution in [-0.2, 0) is 14.4 Å². The van der Waals surface area contributed by atoms with Crippen LogP contribution in [0.2, 0.25) is 0 Å². The predicted molar refractivity (Wildman–Crippen MR) is 86.8 cm³/mol. The highest BCUT2D eigenvalue weighted by Crippen LogP contribution is 2.27. The third-order valence-corrected chi connectivity index (χ3v) is 4.00. The molecule has 136 valence electrons. The maximum Gasteiger partial charge on any atom is 0.332 e. The summed E-state index contributed by atoms with van der Waals surface area (Å²) in [6.45, 7) is 2.17. The van der Waals surface area contributed by atoms with Gasteiger partial charge >= 0.3 is 17.9 Å². The van der Waals surface area contributed by atoms with E-state index >= 15 is 0 Å². The van der Waals surface area contributed by atoms with Crippen LogP contribution in [0.15, 0.2) is 0 Å². The molecule has 6 N–H and O–H groups in total. The van der Waals surface area contributed by atoms with Gasteiger partial charge in [0, 0.05) is 0 Å². The van der Waals surface area contributed by atoms with Gasteiger partial charge < -0.3 is 21.5 Å². The highest BCUT2D eigenvalue weighted by molar-refractivity contribution is 6.16. The van der Waals surface area contributed by atoms with Crippen LogP contribution < -0.4 is 6.15 Å². The molecule has 0 aliphatic heterocycles. The minimum Gasteiger partial charge on any atom is -0.480 e. The number of carboxylic acids is 3. The fourth-order valence-corrected chi connectivity index (χ4v) is 2.47. The molecule has 0 spiro atoms. The Kier molecular flexibility index (Phi) is 13.2. The van der Waals surface area contributed by atoms with Crippen LogP contribution in [0.3, 0.4) is 0 Å². The third-order valence-electron chi connectivity index (χ3n) is 4.00. The minimum absolute atomic E-state index is 0. The van der Waals surface area contributed by atoms with Crippen molar-refractivity contribution in [2.24, 2.45) is 5.41 Å². The quantitative estimate of drug-likeness (QED) is 0.280. The van der Waals surface area contributed by atoms with Gasteiger partial charge in [-0.05, 0) is 6.42 Å². The molecule has 0 aliphatic carbocycles. The summed E-state index contributed by atoms with van der Waals surface area (Å²) in [4.78, 5) is 33.1. The van der Waals surface area contributed by atoms with E-state index < -0.39 is 23.3 Å². The van der Waals surface area contributed by atoms with Gasteiger partial charge in [0.25, 0.3) is 5.41 Å². The topological polar surface area (TPSA) is 147 Å². The van der Waals surface area contributed by atoms with Crippen LogP contribution in [0, 0.1) is 5.41 Å². The SMILES string of the molecule is CCCCCCCCCCCCC(C(=O)O)(C(=O)O)C(=O)O.N. The molecule has 0 atom stereocenters. The van der Waals surface area contributed by atoms with Crippen LogP contribution in [0.4, 0.5) is 0 Å². The van der Waals surface area contributed by atoms with Crippen LogP contribution in [0.5, 0.6) is 0 Å². The molecule has 0 saturated heterocycles. The summed E-state index contributed by atoms with van der Waals surface area (Å²) in [5.41, 5.74) is -2.71. The monoisotopic (exact) mass is 333 g/mol. The first-order valence-corrected chi connectivity index (χ1v) is 8.09. The van der Waals surface area contributed by atoms with E-state index in [4.69, 9.17) is 15.3 Å². The Balaban J connectivity index is 0. The number of hydrogen-bond donors (Lipinski definition) is 4. The molecule has 7 nitrogen and oxygen atoms in total. The van der Waals surface area contributed by atoms with Gasteiger partial charge in [-0.2, -0.15) is 0 Å². The number of carboxylic acid groups (broad SMARTS) is 3. The first kappa shape index (κ1) is 23.6. The van der Waals surface area contributed by atoms with E-state index in [-0.39, 0.29) is 12.6 Å². The lowest BCUT2D eigenvalue weighted by Gasteiger charge is -2.19. The van der Waals surface area contributed by atoms with Crippen LogP contribution in [0.1, 0.15) is 77.6 Å². The van der Waals surface area contributed by atoms with Gasteiger partial charge in [0.2, 0.25) is 0 Å². The molecule has 0 bridgehead atoms. The summed E-state index contributed by atoms with van der Waals surface area (Å²) in [6, 6.07) is 0. The smallest absolute Gasteiger partial charge is 0.332 e. The highest BCUT2D eigenvalue weighted by Gasteiger charge is 2.53. The number of carbonyl (C=O) groups is 3. The van der Waals surface area contributed by atoms with Gasteiger partial charge in [0.1, 0.15) is 0 Å². The van der Waals surface area contributed by atoms with E-state index in [1.54, 1.807) is 0 Å². The van der Waals surface area contributed by atoms with Crippen molar-refractivity contribution < 1.29 is 29.7 Å². The fourth-order valence-electron chi connectivity index (χ4n) is 2.47. The molecule has 0 aromatic carbocycles. The van der Waals surface area contributed by atoms with Crippen molar-refractivity contribution in [3.05, 3.63) is 0 Å². The van der Waals surface area contributed by atoms with Gasteiger partial charge in [-0.1, -0.05) is 71.1 Å². The van der Waals surface area contributed by atoms with Crippen molar-refractivity contribution in [1.29, 1.82) is 0 Å². The maximum atomic E-state index is 11.0. The van der Waals surface area contributed by atoms with Crippen LogP contribution in [0.25, 0.3) is 0 Å². The first-order valence-electron chi connectivity index (χ1n) is 8.09. The molecule has 0 unspecified atom stereocenters.